The van der Waals surface area contributed by atoms with E-state index in [9.17, 15) is 9.59 Å². The maximum absolute atomic E-state index is 14.0. The molecule has 1 heterocycles. The highest BCUT2D eigenvalue weighted by atomic mass is 79.9. The first-order chi connectivity index (χ1) is 19.1. The van der Waals surface area contributed by atoms with Crippen LogP contribution in [0.25, 0.3) is 0 Å². The lowest BCUT2D eigenvalue weighted by atomic mass is 9.71. The van der Waals surface area contributed by atoms with E-state index in [1.807, 2.05) is 44.2 Å². The molecule has 9 heteroatoms. The number of benzene rings is 2. The number of allylic oxidation sites excluding steroid dienone is 3. The van der Waals surface area contributed by atoms with E-state index in [1.54, 1.807) is 35.2 Å². The van der Waals surface area contributed by atoms with Gasteiger partial charge in [-0.3, -0.25) is 4.79 Å². The summed E-state index contributed by atoms with van der Waals surface area (Å²) < 4.78 is 28.7. The molecule has 0 aromatic heterocycles. The number of ether oxygens (including phenoxy) is 5. The first-order valence-corrected chi connectivity index (χ1v) is 14.1. The number of carbonyl (C=O) groups is 2. The maximum atomic E-state index is 14.0. The van der Waals surface area contributed by atoms with Crippen molar-refractivity contribution in [3.05, 3.63) is 68.5 Å². The van der Waals surface area contributed by atoms with Crippen molar-refractivity contribution in [3.8, 4) is 23.0 Å². The fourth-order valence-electron chi connectivity index (χ4n) is 5.48. The summed E-state index contributed by atoms with van der Waals surface area (Å²) in [6.45, 7) is 7.77. The van der Waals surface area contributed by atoms with Gasteiger partial charge < -0.3 is 29.0 Å². The van der Waals surface area contributed by atoms with Gasteiger partial charge in [0.25, 0.3) is 0 Å². The minimum atomic E-state index is -0.636. The fourth-order valence-corrected chi connectivity index (χ4v) is 6.10. The highest BCUT2D eigenvalue weighted by Gasteiger charge is 2.42. The Kier molecular flexibility index (Phi) is 9.13. The van der Waals surface area contributed by atoms with Crippen LogP contribution in [-0.4, -0.2) is 45.8 Å². The van der Waals surface area contributed by atoms with E-state index in [2.05, 4.69) is 21.2 Å². The summed E-state index contributed by atoms with van der Waals surface area (Å²) in [5.41, 5.74) is 4.14. The van der Waals surface area contributed by atoms with Gasteiger partial charge in [0.15, 0.2) is 28.8 Å². The molecule has 0 spiro atoms. The van der Waals surface area contributed by atoms with Gasteiger partial charge >= 0.3 is 5.97 Å². The van der Waals surface area contributed by atoms with E-state index >= 15 is 0 Å². The van der Waals surface area contributed by atoms with E-state index in [-0.39, 0.29) is 24.2 Å². The number of ketones is 1. The summed E-state index contributed by atoms with van der Waals surface area (Å²) in [7, 11) is 4.76. The van der Waals surface area contributed by atoms with Gasteiger partial charge in [0.2, 0.25) is 0 Å². The smallest absolute Gasteiger partial charge is 0.337 e. The second-order valence-corrected chi connectivity index (χ2v) is 10.9. The number of carbonyl (C=O) groups excluding carboxylic acids is 2. The number of rotatable bonds is 9. The third-order valence-corrected chi connectivity index (χ3v) is 7.73. The summed E-state index contributed by atoms with van der Waals surface area (Å²) in [4.78, 5) is 27.5. The summed E-state index contributed by atoms with van der Waals surface area (Å²) in [5.74, 6) is 1.11. The lowest BCUT2D eigenvalue weighted by Crippen LogP contribution is -2.36. The van der Waals surface area contributed by atoms with Crippen molar-refractivity contribution in [2.24, 2.45) is 0 Å². The number of halogens is 1. The van der Waals surface area contributed by atoms with Crippen molar-refractivity contribution in [3.63, 3.8) is 0 Å². The maximum Gasteiger partial charge on any atom is 0.337 e. The van der Waals surface area contributed by atoms with Gasteiger partial charge in [-0.05, 0) is 91.4 Å². The van der Waals surface area contributed by atoms with Crippen molar-refractivity contribution in [1.29, 1.82) is 0 Å². The SMILES string of the molecule is CCOc1cc([C@@H]2C(C(=O)OC(C)C)=C(C)NC3=C2C(=O)C[C@H](c2ccc(OC)c(OC)c2)C3)cc(Br)c1OC. The van der Waals surface area contributed by atoms with Gasteiger partial charge in [-0.15, -0.1) is 0 Å². The van der Waals surface area contributed by atoms with Crippen LogP contribution >= 0.6 is 15.9 Å². The second kappa shape index (κ2) is 12.4. The predicted molar refractivity (Wildman–Crippen MR) is 155 cm³/mol. The van der Waals surface area contributed by atoms with Crippen molar-refractivity contribution in [2.45, 2.75) is 58.5 Å². The van der Waals surface area contributed by atoms with Crippen LogP contribution in [0.2, 0.25) is 0 Å². The van der Waals surface area contributed by atoms with Crippen LogP contribution in [0.5, 0.6) is 23.0 Å². The number of methoxy groups -OCH3 is 3. The molecule has 214 valence electrons. The predicted octanol–water partition coefficient (Wildman–Crippen LogP) is 6.19. The zero-order valence-corrected chi connectivity index (χ0v) is 25.6. The molecule has 4 rings (SSSR count). The first kappa shape index (κ1) is 29.5. The molecule has 0 saturated heterocycles. The van der Waals surface area contributed by atoms with Crippen LogP contribution in [0.15, 0.2) is 57.3 Å². The lowest BCUT2D eigenvalue weighted by molar-refractivity contribution is -0.143. The second-order valence-electron chi connectivity index (χ2n) is 10.1. The number of dihydropyridines is 1. The van der Waals surface area contributed by atoms with Crippen molar-refractivity contribution in [2.75, 3.05) is 27.9 Å². The Bertz CT molecular complexity index is 1380. The van der Waals surface area contributed by atoms with Gasteiger partial charge in [0.05, 0.1) is 44.1 Å². The quantitative estimate of drug-likeness (QED) is 0.335. The van der Waals surface area contributed by atoms with Gasteiger partial charge in [-0.1, -0.05) is 6.07 Å². The molecule has 0 radical (unpaired) electrons. The molecule has 2 aromatic rings. The van der Waals surface area contributed by atoms with Crippen LogP contribution in [0.3, 0.4) is 0 Å². The number of esters is 1. The Balaban J connectivity index is 1.85. The van der Waals surface area contributed by atoms with Crippen LogP contribution < -0.4 is 24.3 Å². The Labute approximate surface area is 243 Å². The van der Waals surface area contributed by atoms with E-state index in [4.69, 9.17) is 23.7 Å². The molecule has 0 fully saturated rings. The van der Waals surface area contributed by atoms with Crippen LogP contribution in [0.1, 0.15) is 63.5 Å². The average molecular weight is 615 g/mol. The molecule has 0 amide bonds. The zero-order valence-electron chi connectivity index (χ0n) is 24.0. The molecule has 2 aliphatic rings. The molecular weight excluding hydrogens is 578 g/mol. The monoisotopic (exact) mass is 613 g/mol. The summed E-state index contributed by atoms with van der Waals surface area (Å²) >= 11 is 3.60. The zero-order chi connectivity index (χ0) is 29.1. The molecule has 2 atom stereocenters. The van der Waals surface area contributed by atoms with Gasteiger partial charge in [0, 0.05) is 29.3 Å². The van der Waals surface area contributed by atoms with E-state index in [0.29, 0.717) is 57.3 Å². The molecule has 2 aromatic carbocycles. The number of hydrogen-bond donors (Lipinski definition) is 1. The molecule has 1 aliphatic heterocycles. The molecule has 8 nitrogen and oxygen atoms in total. The Morgan fingerprint density at radius 3 is 2.33 bits per heavy atom. The minimum Gasteiger partial charge on any atom is -0.493 e. The first-order valence-electron chi connectivity index (χ1n) is 13.3. The molecule has 1 N–H and O–H groups in total. The largest absolute Gasteiger partial charge is 0.493 e. The standard InChI is InChI=1S/C31H36BrNO7/c1-8-39-26-15-20(11-21(32)30(26)38-7)28-27(31(35)40-16(2)3)17(4)33-22-12-19(13-23(34)29(22)28)18-9-10-24(36-5)25(14-18)37-6/h9-11,14-16,19,28,33H,8,12-13H2,1-7H3/t19-,28-/m1/s1. The summed E-state index contributed by atoms with van der Waals surface area (Å²) in [6.07, 6.45) is 0.558. The molecule has 1 aliphatic carbocycles. The highest BCUT2D eigenvalue weighted by Crippen LogP contribution is 2.49. The third-order valence-electron chi connectivity index (χ3n) is 7.14. The van der Waals surface area contributed by atoms with Crippen molar-refractivity contribution in [1.82, 2.24) is 5.32 Å². The van der Waals surface area contributed by atoms with E-state index in [0.717, 1.165) is 16.8 Å². The Morgan fingerprint density at radius 1 is 1.00 bits per heavy atom. The molecule has 0 unspecified atom stereocenters. The number of nitrogens with one attached hydrogen (secondary N) is 1. The normalized spacial score (nSPS) is 18.8. The molecular formula is C31H36BrNO7. The van der Waals surface area contributed by atoms with Gasteiger partial charge in [-0.2, -0.15) is 0 Å². The third kappa shape index (κ3) is 5.70. The van der Waals surface area contributed by atoms with E-state index in [1.165, 1.54) is 0 Å². The van der Waals surface area contributed by atoms with Gasteiger partial charge in [-0.25, -0.2) is 4.79 Å². The van der Waals surface area contributed by atoms with Crippen LogP contribution in [0, 0.1) is 0 Å². The average Bonchev–Trinajstić information content (AvgIpc) is 2.91. The summed E-state index contributed by atoms with van der Waals surface area (Å²) in [5, 5.41) is 3.39. The molecule has 0 bridgehead atoms. The summed E-state index contributed by atoms with van der Waals surface area (Å²) in [6, 6.07) is 9.47. The topological polar surface area (TPSA) is 92.3 Å². The Hall–Kier alpha value is -3.46. The van der Waals surface area contributed by atoms with Crippen molar-refractivity contribution < 1.29 is 33.3 Å². The van der Waals surface area contributed by atoms with Gasteiger partial charge in [0.1, 0.15) is 0 Å². The van der Waals surface area contributed by atoms with Crippen LogP contribution in [-0.2, 0) is 14.3 Å². The van der Waals surface area contributed by atoms with Crippen molar-refractivity contribution >= 4 is 27.7 Å². The van der Waals surface area contributed by atoms with E-state index < -0.39 is 11.9 Å². The fraction of sp³-hybridized carbons (Fsp3) is 0.419. The Morgan fingerprint density at radius 2 is 1.70 bits per heavy atom. The minimum absolute atomic E-state index is 0.0363. The lowest BCUT2D eigenvalue weighted by Gasteiger charge is -2.37. The molecule has 0 saturated carbocycles. The molecule has 40 heavy (non-hydrogen) atoms. The van der Waals surface area contributed by atoms with Crippen LogP contribution in [0.4, 0.5) is 0 Å². The number of hydrogen-bond acceptors (Lipinski definition) is 8. The highest BCUT2D eigenvalue weighted by molar-refractivity contribution is 9.10. The number of Topliss-reactive ketones (excluding diaryl/α,β-unsaturated/α-hetero) is 1.